The highest BCUT2D eigenvalue weighted by atomic mass is 19.1. The van der Waals surface area contributed by atoms with E-state index >= 15 is 0 Å². The number of aliphatic carboxylic acids is 1. The summed E-state index contributed by atoms with van der Waals surface area (Å²) in [6.45, 7) is 3.08. The van der Waals surface area contributed by atoms with E-state index in [1.807, 2.05) is 0 Å². The van der Waals surface area contributed by atoms with Crippen molar-refractivity contribution in [2.75, 3.05) is 0 Å². The molecule has 86 valence electrons. The Morgan fingerprint density at radius 3 is 2.44 bits per heavy atom. The highest BCUT2D eigenvalue weighted by Gasteiger charge is 2.53. The van der Waals surface area contributed by atoms with Gasteiger partial charge in [-0.05, 0) is 43.4 Å². The lowest BCUT2D eigenvalue weighted by Gasteiger charge is -2.16. The van der Waals surface area contributed by atoms with Gasteiger partial charge in [-0.15, -0.1) is 0 Å². The van der Waals surface area contributed by atoms with E-state index in [4.69, 9.17) is 5.11 Å². The van der Waals surface area contributed by atoms with Crippen molar-refractivity contribution in [3.63, 3.8) is 0 Å². The lowest BCUT2D eigenvalue weighted by molar-refractivity contribution is -0.140. The van der Waals surface area contributed by atoms with E-state index in [1.165, 1.54) is 13.0 Å². The molecule has 0 unspecified atom stereocenters. The Kier molecular flexibility index (Phi) is 2.19. The predicted octanol–water partition coefficient (Wildman–Crippen LogP) is 2.26. The molecular formula is C12H13FO3. The largest absolute Gasteiger partial charge is 0.505 e. The van der Waals surface area contributed by atoms with Crippen LogP contribution in [0.5, 0.6) is 5.75 Å². The number of phenolic OH excluding ortho intramolecular Hbond substituents is 1. The summed E-state index contributed by atoms with van der Waals surface area (Å²) in [7, 11) is 0. The van der Waals surface area contributed by atoms with Crippen LogP contribution in [0.2, 0.25) is 0 Å². The van der Waals surface area contributed by atoms with Gasteiger partial charge in [-0.25, -0.2) is 4.39 Å². The van der Waals surface area contributed by atoms with E-state index in [9.17, 15) is 14.3 Å². The van der Waals surface area contributed by atoms with Crippen molar-refractivity contribution in [1.29, 1.82) is 0 Å². The summed E-state index contributed by atoms with van der Waals surface area (Å²) in [5, 5.41) is 18.7. The van der Waals surface area contributed by atoms with Crippen LogP contribution >= 0.6 is 0 Å². The van der Waals surface area contributed by atoms with E-state index in [-0.39, 0.29) is 5.56 Å². The van der Waals surface area contributed by atoms with E-state index in [0.29, 0.717) is 24.0 Å². The molecule has 0 aromatic heterocycles. The maximum absolute atomic E-state index is 13.4. The summed E-state index contributed by atoms with van der Waals surface area (Å²) in [4.78, 5) is 11.2. The van der Waals surface area contributed by atoms with Crippen molar-refractivity contribution in [2.24, 2.45) is 0 Å². The number of benzene rings is 1. The number of aromatic hydroxyl groups is 1. The van der Waals surface area contributed by atoms with Crippen LogP contribution in [0.15, 0.2) is 6.07 Å². The Labute approximate surface area is 92.5 Å². The number of halogens is 1. The molecule has 1 aromatic carbocycles. The minimum atomic E-state index is -0.903. The average Bonchev–Trinajstić information content (AvgIpc) is 3.01. The Balaban J connectivity index is 2.63. The standard InChI is InChI=1S/C12H13FO3/c1-6-5-8(7(2)10(14)9(6)13)12(3-4-12)11(15)16/h5,14H,3-4H2,1-2H3,(H,15,16). The maximum atomic E-state index is 13.4. The van der Waals surface area contributed by atoms with Gasteiger partial charge < -0.3 is 10.2 Å². The summed E-state index contributed by atoms with van der Waals surface area (Å²) in [6, 6.07) is 1.53. The first-order chi connectivity index (χ1) is 7.40. The molecule has 0 amide bonds. The summed E-state index contributed by atoms with van der Waals surface area (Å²) in [5.74, 6) is -1.99. The van der Waals surface area contributed by atoms with E-state index < -0.39 is 23.0 Å². The molecule has 2 rings (SSSR count). The Morgan fingerprint density at radius 2 is 2.00 bits per heavy atom. The van der Waals surface area contributed by atoms with Gasteiger partial charge in [0.1, 0.15) is 0 Å². The van der Waals surface area contributed by atoms with Gasteiger partial charge in [0.2, 0.25) is 0 Å². The molecule has 0 bridgehead atoms. The van der Waals surface area contributed by atoms with Crippen LogP contribution in [0.25, 0.3) is 0 Å². The van der Waals surface area contributed by atoms with Crippen molar-refractivity contribution in [1.82, 2.24) is 0 Å². The molecule has 1 fully saturated rings. The quantitative estimate of drug-likeness (QED) is 0.810. The number of hydrogen-bond donors (Lipinski definition) is 2. The SMILES string of the molecule is Cc1cc(C2(C(=O)O)CC2)c(C)c(O)c1F. The third-order valence-electron chi connectivity index (χ3n) is 3.35. The molecule has 1 saturated carbocycles. The van der Waals surface area contributed by atoms with E-state index in [0.717, 1.165) is 0 Å². The molecule has 1 aliphatic carbocycles. The number of carboxylic acid groups (broad SMARTS) is 1. The minimum absolute atomic E-state index is 0.283. The fourth-order valence-electron chi connectivity index (χ4n) is 2.09. The second-order valence-electron chi connectivity index (χ2n) is 4.42. The summed E-state index contributed by atoms with van der Waals surface area (Å²) >= 11 is 0. The van der Waals surface area contributed by atoms with Gasteiger partial charge in [0, 0.05) is 0 Å². The van der Waals surface area contributed by atoms with Gasteiger partial charge in [-0.3, -0.25) is 4.79 Å². The molecule has 2 N–H and O–H groups in total. The number of carbonyl (C=O) groups is 1. The first-order valence-corrected chi connectivity index (χ1v) is 5.12. The van der Waals surface area contributed by atoms with Crippen molar-refractivity contribution in [2.45, 2.75) is 32.1 Å². The molecule has 0 atom stereocenters. The number of rotatable bonds is 2. The number of phenols is 1. The molecule has 0 spiro atoms. The first-order valence-electron chi connectivity index (χ1n) is 5.12. The van der Waals surface area contributed by atoms with Gasteiger partial charge in [0.15, 0.2) is 11.6 Å². The summed E-state index contributed by atoms with van der Waals surface area (Å²) in [5.41, 5.74) is 0.255. The number of aryl methyl sites for hydroxylation is 1. The van der Waals surface area contributed by atoms with Crippen molar-refractivity contribution < 1.29 is 19.4 Å². The number of carboxylic acids is 1. The normalized spacial score (nSPS) is 17.2. The molecule has 0 heterocycles. The Morgan fingerprint density at radius 1 is 1.44 bits per heavy atom. The van der Waals surface area contributed by atoms with Crippen LogP contribution < -0.4 is 0 Å². The van der Waals surface area contributed by atoms with Gasteiger partial charge in [0.25, 0.3) is 0 Å². The molecule has 0 aliphatic heterocycles. The third-order valence-corrected chi connectivity index (χ3v) is 3.35. The highest BCUT2D eigenvalue weighted by Crippen LogP contribution is 2.51. The van der Waals surface area contributed by atoms with Crippen LogP contribution in [-0.2, 0) is 10.2 Å². The lowest BCUT2D eigenvalue weighted by Crippen LogP contribution is -2.21. The van der Waals surface area contributed by atoms with Crippen LogP contribution in [-0.4, -0.2) is 16.2 Å². The topological polar surface area (TPSA) is 57.5 Å². The molecule has 1 aliphatic rings. The zero-order chi connectivity index (χ0) is 12.1. The predicted molar refractivity (Wildman–Crippen MR) is 56.1 cm³/mol. The molecule has 3 nitrogen and oxygen atoms in total. The second-order valence-corrected chi connectivity index (χ2v) is 4.42. The molecule has 4 heteroatoms. The Bertz CT molecular complexity index is 476. The maximum Gasteiger partial charge on any atom is 0.314 e. The van der Waals surface area contributed by atoms with Gasteiger partial charge in [-0.2, -0.15) is 0 Å². The highest BCUT2D eigenvalue weighted by molar-refractivity contribution is 5.85. The van der Waals surface area contributed by atoms with Crippen molar-refractivity contribution >= 4 is 5.97 Å². The Hall–Kier alpha value is -1.58. The van der Waals surface area contributed by atoms with E-state index in [2.05, 4.69) is 0 Å². The average molecular weight is 224 g/mol. The van der Waals surface area contributed by atoms with Crippen LogP contribution in [0.1, 0.15) is 29.5 Å². The second kappa shape index (κ2) is 3.20. The molecule has 1 aromatic rings. The summed E-state index contributed by atoms with van der Waals surface area (Å²) < 4.78 is 13.4. The van der Waals surface area contributed by atoms with Gasteiger partial charge in [-0.1, -0.05) is 6.07 Å². The van der Waals surface area contributed by atoms with E-state index in [1.54, 1.807) is 6.92 Å². The molecule has 16 heavy (non-hydrogen) atoms. The lowest BCUT2D eigenvalue weighted by atomic mass is 9.90. The van der Waals surface area contributed by atoms with Crippen LogP contribution in [0, 0.1) is 19.7 Å². The fraction of sp³-hybridized carbons (Fsp3) is 0.417. The third kappa shape index (κ3) is 1.29. The molecular weight excluding hydrogens is 211 g/mol. The first kappa shape index (κ1) is 10.9. The van der Waals surface area contributed by atoms with Crippen LogP contribution in [0.4, 0.5) is 4.39 Å². The zero-order valence-electron chi connectivity index (χ0n) is 9.17. The van der Waals surface area contributed by atoms with Crippen molar-refractivity contribution in [3.8, 4) is 5.75 Å². The van der Waals surface area contributed by atoms with Gasteiger partial charge in [0.05, 0.1) is 5.41 Å². The zero-order valence-corrected chi connectivity index (χ0v) is 9.17. The fourth-order valence-corrected chi connectivity index (χ4v) is 2.09. The van der Waals surface area contributed by atoms with Gasteiger partial charge >= 0.3 is 5.97 Å². The molecule has 0 radical (unpaired) electrons. The number of hydrogen-bond acceptors (Lipinski definition) is 2. The smallest absolute Gasteiger partial charge is 0.314 e. The van der Waals surface area contributed by atoms with Crippen LogP contribution in [0.3, 0.4) is 0 Å². The monoisotopic (exact) mass is 224 g/mol. The minimum Gasteiger partial charge on any atom is -0.505 e. The molecule has 0 saturated heterocycles. The van der Waals surface area contributed by atoms with Crippen molar-refractivity contribution in [3.05, 3.63) is 28.6 Å². The summed E-state index contributed by atoms with van der Waals surface area (Å²) in [6.07, 6.45) is 1.10.